The molecule has 0 aliphatic rings. The second kappa shape index (κ2) is 8.24. The standard InChI is InChI=1S/C14H27N3O2S2/c1-6-15-8-7-9-17(5)21(18,19)16-12(3)14-10-11(2)20-13(14)4/h10,12,15-16H,6-9H2,1-5H3. The Hall–Kier alpha value is -0.470. The van der Waals surface area contributed by atoms with Crippen LogP contribution in [0.2, 0.25) is 0 Å². The molecule has 0 radical (unpaired) electrons. The molecule has 1 rings (SSSR count). The minimum absolute atomic E-state index is 0.212. The summed E-state index contributed by atoms with van der Waals surface area (Å²) >= 11 is 1.69. The molecule has 0 aliphatic heterocycles. The molecule has 1 atom stereocenters. The third kappa shape index (κ3) is 5.67. The maximum absolute atomic E-state index is 12.3. The van der Waals surface area contributed by atoms with Gasteiger partial charge in [0, 0.05) is 29.4 Å². The number of rotatable bonds is 9. The summed E-state index contributed by atoms with van der Waals surface area (Å²) in [6, 6.07) is 1.84. The van der Waals surface area contributed by atoms with Crippen molar-refractivity contribution >= 4 is 21.5 Å². The van der Waals surface area contributed by atoms with E-state index in [2.05, 4.69) is 16.1 Å². The molecular weight excluding hydrogens is 306 g/mol. The number of hydrogen-bond acceptors (Lipinski definition) is 4. The van der Waals surface area contributed by atoms with Gasteiger partial charge in [0.05, 0.1) is 0 Å². The van der Waals surface area contributed by atoms with Gasteiger partial charge in [-0.3, -0.25) is 0 Å². The molecule has 1 unspecified atom stereocenters. The van der Waals surface area contributed by atoms with E-state index in [0.29, 0.717) is 6.54 Å². The van der Waals surface area contributed by atoms with Crippen LogP contribution >= 0.6 is 11.3 Å². The van der Waals surface area contributed by atoms with Gasteiger partial charge in [-0.2, -0.15) is 17.4 Å². The van der Waals surface area contributed by atoms with Crippen molar-refractivity contribution < 1.29 is 8.42 Å². The summed E-state index contributed by atoms with van der Waals surface area (Å²) in [5.41, 5.74) is 1.06. The molecule has 0 fully saturated rings. The Morgan fingerprint density at radius 3 is 2.57 bits per heavy atom. The van der Waals surface area contributed by atoms with Gasteiger partial charge in [-0.1, -0.05) is 6.92 Å². The molecule has 0 saturated carbocycles. The fourth-order valence-corrected chi connectivity index (χ4v) is 4.33. The van der Waals surface area contributed by atoms with E-state index in [4.69, 9.17) is 0 Å². The lowest BCUT2D eigenvalue weighted by atomic mass is 10.1. The van der Waals surface area contributed by atoms with Gasteiger partial charge in [-0.25, -0.2) is 0 Å². The van der Waals surface area contributed by atoms with E-state index in [9.17, 15) is 8.42 Å². The Morgan fingerprint density at radius 2 is 2.05 bits per heavy atom. The number of nitrogens with one attached hydrogen (secondary N) is 2. The lowest BCUT2D eigenvalue weighted by Gasteiger charge is -2.21. The second-order valence-corrected chi connectivity index (χ2v) is 8.51. The first-order valence-corrected chi connectivity index (χ1v) is 9.54. The first-order valence-electron chi connectivity index (χ1n) is 7.29. The second-order valence-electron chi connectivity index (χ2n) is 5.24. The molecule has 0 saturated heterocycles. The SMILES string of the molecule is CCNCCCN(C)S(=O)(=O)NC(C)c1cc(C)sc1C. The Balaban J connectivity index is 2.60. The molecule has 1 heterocycles. The fourth-order valence-electron chi connectivity index (χ4n) is 2.18. The zero-order valence-electron chi connectivity index (χ0n) is 13.6. The summed E-state index contributed by atoms with van der Waals surface area (Å²) in [6.45, 7) is 10.2. The van der Waals surface area contributed by atoms with Crippen molar-refractivity contribution in [3.05, 3.63) is 21.4 Å². The number of hydrogen-bond donors (Lipinski definition) is 2. The van der Waals surface area contributed by atoms with Crippen LogP contribution in [-0.4, -0.2) is 39.4 Å². The predicted octanol–water partition coefficient (Wildman–Crippen LogP) is 2.19. The van der Waals surface area contributed by atoms with Crippen LogP contribution in [0, 0.1) is 13.8 Å². The van der Waals surface area contributed by atoms with E-state index >= 15 is 0 Å². The van der Waals surface area contributed by atoms with E-state index in [-0.39, 0.29) is 6.04 Å². The van der Waals surface area contributed by atoms with Crippen LogP contribution in [-0.2, 0) is 10.2 Å². The molecule has 0 aromatic carbocycles. The van der Waals surface area contributed by atoms with Gasteiger partial charge < -0.3 is 5.32 Å². The van der Waals surface area contributed by atoms with Gasteiger partial charge in [0.2, 0.25) is 0 Å². The largest absolute Gasteiger partial charge is 0.317 e. The molecule has 122 valence electrons. The van der Waals surface area contributed by atoms with Crippen molar-refractivity contribution in [3.8, 4) is 0 Å². The molecule has 0 amide bonds. The third-order valence-corrected chi connectivity index (χ3v) is 5.99. The van der Waals surface area contributed by atoms with Crippen LogP contribution in [0.25, 0.3) is 0 Å². The van der Waals surface area contributed by atoms with E-state index in [1.54, 1.807) is 18.4 Å². The summed E-state index contributed by atoms with van der Waals surface area (Å²) in [5, 5.41) is 3.19. The Bertz CT molecular complexity index is 540. The van der Waals surface area contributed by atoms with Gasteiger partial charge in [0.15, 0.2) is 0 Å². The van der Waals surface area contributed by atoms with Crippen molar-refractivity contribution in [1.82, 2.24) is 14.3 Å². The minimum Gasteiger partial charge on any atom is -0.317 e. The molecule has 0 aliphatic carbocycles. The van der Waals surface area contributed by atoms with Gasteiger partial charge in [0.1, 0.15) is 0 Å². The zero-order chi connectivity index (χ0) is 16.0. The smallest absolute Gasteiger partial charge is 0.279 e. The van der Waals surface area contributed by atoms with Crippen LogP contribution in [0.3, 0.4) is 0 Å². The van der Waals surface area contributed by atoms with E-state index in [1.807, 2.05) is 27.7 Å². The average molecular weight is 334 g/mol. The predicted molar refractivity (Wildman–Crippen MR) is 90.1 cm³/mol. The molecule has 5 nitrogen and oxygen atoms in total. The molecule has 1 aromatic rings. The lowest BCUT2D eigenvalue weighted by molar-refractivity contribution is 0.439. The van der Waals surface area contributed by atoms with Crippen LogP contribution in [0.1, 0.15) is 41.6 Å². The fraction of sp³-hybridized carbons (Fsp3) is 0.714. The first kappa shape index (κ1) is 18.6. The molecule has 0 bridgehead atoms. The quantitative estimate of drug-likeness (QED) is 0.681. The van der Waals surface area contributed by atoms with Crippen LogP contribution in [0.4, 0.5) is 0 Å². The number of thiophene rings is 1. The molecule has 1 aromatic heterocycles. The third-order valence-electron chi connectivity index (χ3n) is 3.36. The average Bonchev–Trinajstić information content (AvgIpc) is 2.73. The van der Waals surface area contributed by atoms with Gasteiger partial charge in [-0.05, 0) is 51.9 Å². The summed E-state index contributed by atoms with van der Waals surface area (Å²) in [5.74, 6) is 0. The van der Waals surface area contributed by atoms with Crippen molar-refractivity contribution in [2.45, 2.75) is 40.2 Å². The van der Waals surface area contributed by atoms with Gasteiger partial charge in [0.25, 0.3) is 10.2 Å². The van der Waals surface area contributed by atoms with Gasteiger partial charge in [-0.15, -0.1) is 11.3 Å². The normalized spacial score (nSPS) is 13.8. The monoisotopic (exact) mass is 333 g/mol. The van der Waals surface area contributed by atoms with Crippen LogP contribution < -0.4 is 10.0 Å². The van der Waals surface area contributed by atoms with Crippen molar-refractivity contribution in [3.63, 3.8) is 0 Å². The summed E-state index contributed by atoms with van der Waals surface area (Å²) < 4.78 is 28.7. The highest BCUT2D eigenvalue weighted by Crippen LogP contribution is 2.26. The summed E-state index contributed by atoms with van der Waals surface area (Å²) in [4.78, 5) is 2.37. The van der Waals surface area contributed by atoms with Crippen LogP contribution in [0.5, 0.6) is 0 Å². The van der Waals surface area contributed by atoms with Crippen molar-refractivity contribution in [2.75, 3.05) is 26.7 Å². The summed E-state index contributed by atoms with van der Waals surface area (Å²) in [7, 11) is -1.82. The van der Waals surface area contributed by atoms with Crippen LogP contribution in [0.15, 0.2) is 6.07 Å². The number of aryl methyl sites for hydroxylation is 2. The lowest BCUT2D eigenvalue weighted by Crippen LogP contribution is -2.40. The van der Waals surface area contributed by atoms with Crippen molar-refractivity contribution in [1.29, 1.82) is 0 Å². The topological polar surface area (TPSA) is 61.4 Å². The van der Waals surface area contributed by atoms with E-state index in [0.717, 1.165) is 30.0 Å². The molecule has 0 spiro atoms. The summed E-state index contributed by atoms with van der Waals surface area (Å²) in [6.07, 6.45) is 0.802. The highest BCUT2D eigenvalue weighted by Gasteiger charge is 2.22. The van der Waals surface area contributed by atoms with Gasteiger partial charge >= 0.3 is 0 Å². The Kier molecular flexibility index (Phi) is 7.29. The zero-order valence-corrected chi connectivity index (χ0v) is 15.2. The highest BCUT2D eigenvalue weighted by atomic mass is 32.2. The maximum Gasteiger partial charge on any atom is 0.279 e. The Morgan fingerprint density at radius 1 is 1.38 bits per heavy atom. The maximum atomic E-state index is 12.3. The van der Waals surface area contributed by atoms with E-state index < -0.39 is 10.2 Å². The molecular formula is C14H27N3O2S2. The highest BCUT2D eigenvalue weighted by molar-refractivity contribution is 7.87. The molecule has 7 heteroatoms. The minimum atomic E-state index is -3.44. The first-order chi connectivity index (χ1) is 9.77. The van der Waals surface area contributed by atoms with E-state index in [1.165, 1.54) is 9.18 Å². The number of nitrogens with zero attached hydrogens (tertiary/aromatic N) is 1. The molecule has 2 N–H and O–H groups in total. The van der Waals surface area contributed by atoms with Crippen molar-refractivity contribution in [2.24, 2.45) is 0 Å². The Labute approximate surface area is 132 Å². The molecule has 21 heavy (non-hydrogen) atoms.